The Hall–Kier alpha value is -4.54. The molecule has 2 N–H and O–H groups in total. The number of carbonyl (C=O) groups is 3. The number of H-pyrrole nitrogens is 2. The lowest BCUT2D eigenvalue weighted by Crippen LogP contribution is -2.36. The fourth-order valence-corrected chi connectivity index (χ4v) is 4.89. The molecule has 0 bridgehead atoms. The monoisotopic (exact) mass is 522 g/mol. The fraction of sp³-hybridized carbons (Fsp3) is 0.333. The fourth-order valence-electron chi connectivity index (χ4n) is 4.89. The first kappa shape index (κ1) is 26.5. The van der Waals surface area contributed by atoms with Crippen LogP contribution in [0, 0.1) is 13.8 Å². The highest BCUT2D eigenvalue weighted by Crippen LogP contribution is 2.42. The number of ether oxygens (including phenoxy) is 3. The van der Waals surface area contributed by atoms with E-state index in [4.69, 9.17) is 14.2 Å². The van der Waals surface area contributed by atoms with Crippen molar-refractivity contribution >= 4 is 23.4 Å². The third-order valence-electron chi connectivity index (χ3n) is 6.72. The molecule has 11 nitrogen and oxygen atoms in total. The lowest BCUT2D eigenvalue weighted by atomic mass is 9.93. The molecule has 1 unspecified atom stereocenters. The number of esters is 1. The van der Waals surface area contributed by atoms with Crippen molar-refractivity contribution in [2.45, 2.75) is 32.9 Å². The van der Waals surface area contributed by atoms with E-state index in [-0.39, 0.29) is 23.4 Å². The van der Waals surface area contributed by atoms with Gasteiger partial charge in [-0.15, -0.1) is 0 Å². The van der Waals surface area contributed by atoms with Crippen molar-refractivity contribution in [2.75, 3.05) is 27.9 Å². The van der Waals surface area contributed by atoms with E-state index in [1.54, 1.807) is 44.6 Å². The van der Waals surface area contributed by atoms with Crippen LogP contribution in [-0.4, -0.2) is 60.4 Å². The molecule has 0 aliphatic carbocycles. The highest BCUT2D eigenvalue weighted by molar-refractivity contribution is 6.46. The maximum atomic E-state index is 14.0. The number of aromatic amines is 2. The molecule has 38 heavy (non-hydrogen) atoms. The Bertz CT molecular complexity index is 1400. The minimum absolute atomic E-state index is 0.119. The average molecular weight is 523 g/mol. The van der Waals surface area contributed by atoms with Gasteiger partial charge in [0.15, 0.2) is 11.5 Å². The second kappa shape index (κ2) is 10.8. The van der Waals surface area contributed by atoms with Crippen LogP contribution in [0.1, 0.15) is 45.3 Å². The Kier molecular flexibility index (Phi) is 7.56. The highest BCUT2D eigenvalue weighted by atomic mass is 16.5. The van der Waals surface area contributed by atoms with Gasteiger partial charge in [-0.3, -0.25) is 14.6 Å². The van der Waals surface area contributed by atoms with E-state index in [9.17, 15) is 19.5 Å². The van der Waals surface area contributed by atoms with E-state index in [0.29, 0.717) is 41.3 Å². The molecule has 0 spiro atoms. The minimum Gasteiger partial charge on any atom is -0.872 e. The van der Waals surface area contributed by atoms with Gasteiger partial charge in [0.2, 0.25) is 12.1 Å². The molecular weight excluding hydrogens is 492 g/mol. The average Bonchev–Trinajstić information content (AvgIpc) is 3.61. The number of benzene rings is 1. The number of aromatic nitrogens is 3. The number of methoxy groups -OCH3 is 3. The number of amides is 1. The normalized spacial score (nSPS) is 16.7. The van der Waals surface area contributed by atoms with Crippen LogP contribution in [0.3, 0.4) is 0 Å². The summed E-state index contributed by atoms with van der Waals surface area (Å²) in [7, 11) is 4.22. The summed E-state index contributed by atoms with van der Waals surface area (Å²) in [4.78, 5) is 46.2. The number of aryl methyl sites for hydroxylation is 2. The third-order valence-corrected chi connectivity index (χ3v) is 6.72. The van der Waals surface area contributed by atoms with Crippen LogP contribution in [-0.2, 0) is 20.9 Å². The van der Waals surface area contributed by atoms with Crippen LogP contribution in [0.25, 0.3) is 5.76 Å². The maximum Gasteiger partial charge on any atom is 0.354 e. The Morgan fingerprint density at radius 2 is 1.87 bits per heavy atom. The first-order chi connectivity index (χ1) is 18.2. The largest absolute Gasteiger partial charge is 0.872 e. The number of hydrogen-bond acceptors (Lipinski definition) is 7. The van der Waals surface area contributed by atoms with Gasteiger partial charge in [0.25, 0.3) is 5.91 Å². The number of nitrogens with zero attached hydrogens (tertiary/aromatic N) is 2. The van der Waals surface area contributed by atoms with Crippen molar-refractivity contribution in [2.24, 2.45) is 0 Å². The zero-order valence-electron chi connectivity index (χ0n) is 21.9. The van der Waals surface area contributed by atoms with Gasteiger partial charge in [0.05, 0.1) is 33.9 Å². The molecule has 200 valence electrons. The Balaban J connectivity index is 1.84. The van der Waals surface area contributed by atoms with Crippen molar-refractivity contribution in [3.05, 3.63) is 70.6 Å². The summed E-state index contributed by atoms with van der Waals surface area (Å²) in [6, 6.07) is 4.08. The number of ketones is 1. The molecule has 3 heterocycles. The van der Waals surface area contributed by atoms with Crippen LogP contribution in [0.2, 0.25) is 0 Å². The molecule has 11 heteroatoms. The van der Waals surface area contributed by atoms with Crippen LogP contribution in [0.4, 0.5) is 0 Å². The molecule has 1 saturated heterocycles. The molecular formula is C27H30N4O7. The predicted molar refractivity (Wildman–Crippen MR) is 133 cm³/mol. The van der Waals surface area contributed by atoms with E-state index in [1.165, 1.54) is 26.2 Å². The van der Waals surface area contributed by atoms with Crippen molar-refractivity contribution in [1.29, 1.82) is 0 Å². The standard InChI is InChI=1S/C27H30N4O7/c1-15-20(16(2)29-22(15)27(35)38-5)24(32)21-23(17-7-8-18(36-3)19(13-17)37-4)31(26(34)25(21)33)11-6-10-30-12-9-28-14-30/h7-9,12-14,23H,6,10-11H2,1-5H3,(H2,29,32,33,35). The van der Waals surface area contributed by atoms with Gasteiger partial charge in [-0.25, -0.2) is 9.36 Å². The van der Waals surface area contributed by atoms with E-state index in [1.807, 2.05) is 10.8 Å². The summed E-state index contributed by atoms with van der Waals surface area (Å²) in [6.07, 6.45) is 5.98. The molecule has 1 fully saturated rings. The lowest BCUT2D eigenvalue weighted by Gasteiger charge is -2.28. The van der Waals surface area contributed by atoms with Crippen molar-refractivity contribution in [3.8, 4) is 11.5 Å². The SMILES string of the molecule is COC(=O)c1[nH]c(C)c(C([O-])=C2C(=O)C(=O)N(CCC[n+]3cc[nH]c3)C2c2ccc(OC)c(OC)c2)c1C. The van der Waals surface area contributed by atoms with Gasteiger partial charge in [-0.2, -0.15) is 0 Å². The summed E-state index contributed by atoms with van der Waals surface area (Å²) in [5.41, 5.74) is 1.37. The topological polar surface area (TPSA) is 141 Å². The molecule has 0 saturated carbocycles. The predicted octanol–water partition coefficient (Wildman–Crippen LogP) is 1.37. The molecule has 1 aliphatic rings. The maximum absolute atomic E-state index is 14.0. The number of likely N-dealkylation sites (tertiary alicyclic amines) is 1. The summed E-state index contributed by atoms with van der Waals surface area (Å²) < 4.78 is 17.5. The van der Waals surface area contributed by atoms with Gasteiger partial charge < -0.3 is 29.2 Å². The van der Waals surface area contributed by atoms with E-state index < -0.39 is 29.5 Å². The van der Waals surface area contributed by atoms with Crippen molar-refractivity contribution in [3.63, 3.8) is 0 Å². The van der Waals surface area contributed by atoms with Crippen LogP contribution >= 0.6 is 0 Å². The number of imidazole rings is 1. The van der Waals surface area contributed by atoms with Crippen molar-refractivity contribution < 1.29 is 38.3 Å². The Labute approximate surface area is 219 Å². The smallest absolute Gasteiger partial charge is 0.354 e. The number of carbonyl (C=O) groups excluding carboxylic acids is 3. The Morgan fingerprint density at radius 1 is 1.13 bits per heavy atom. The van der Waals surface area contributed by atoms with Gasteiger partial charge >= 0.3 is 5.97 Å². The lowest BCUT2D eigenvalue weighted by molar-refractivity contribution is -0.695. The first-order valence-corrected chi connectivity index (χ1v) is 12.0. The molecule has 1 atom stereocenters. The van der Waals surface area contributed by atoms with Gasteiger partial charge in [0.1, 0.15) is 18.1 Å². The van der Waals surface area contributed by atoms with E-state index in [0.717, 1.165) is 0 Å². The molecule has 2 aromatic heterocycles. The quantitative estimate of drug-likeness (QED) is 0.142. The first-order valence-electron chi connectivity index (χ1n) is 12.0. The summed E-state index contributed by atoms with van der Waals surface area (Å²) in [5.74, 6) is -2.02. The van der Waals surface area contributed by atoms with Gasteiger partial charge in [-0.05, 0) is 42.7 Å². The van der Waals surface area contributed by atoms with Crippen LogP contribution in [0.5, 0.6) is 11.5 Å². The summed E-state index contributed by atoms with van der Waals surface area (Å²) in [5, 5.41) is 14.0. The molecule has 1 aliphatic heterocycles. The second-order valence-corrected chi connectivity index (χ2v) is 8.91. The van der Waals surface area contributed by atoms with Crippen LogP contribution in [0.15, 0.2) is 42.5 Å². The number of Topliss-reactive ketones (excluding diaryl/α,β-unsaturated/α-hetero) is 1. The minimum atomic E-state index is -0.950. The third kappa shape index (κ3) is 4.62. The zero-order chi connectivity index (χ0) is 27.6. The molecule has 1 aromatic carbocycles. The summed E-state index contributed by atoms with van der Waals surface area (Å²) >= 11 is 0. The Morgan fingerprint density at radius 3 is 2.50 bits per heavy atom. The molecule has 4 rings (SSSR count). The van der Waals surface area contributed by atoms with E-state index >= 15 is 0 Å². The highest BCUT2D eigenvalue weighted by Gasteiger charge is 2.44. The molecule has 1 amide bonds. The van der Waals surface area contributed by atoms with Gasteiger partial charge in [-0.1, -0.05) is 11.8 Å². The molecule has 0 radical (unpaired) electrons. The number of hydrogen-bond donors (Lipinski definition) is 2. The number of rotatable bonds is 9. The van der Waals surface area contributed by atoms with E-state index in [2.05, 4.69) is 9.97 Å². The number of nitrogens with one attached hydrogen (secondary N) is 2. The zero-order valence-corrected chi connectivity index (χ0v) is 21.9. The molecule has 3 aromatic rings. The van der Waals surface area contributed by atoms with Gasteiger partial charge in [0, 0.05) is 24.2 Å². The van der Waals surface area contributed by atoms with Crippen molar-refractivity contribution in [1.82, 2.24) is 14.9 Å². The second-order valence-electron chi connectivity index (χ2n) is 8.91. The van der Waals surface area contributed by atoms with Crippen LogP contribution < -0.4 is 19.1 Å². The summed E-state index contributed by atoms with van der Waals surface area (Å²) in [6.45, 7) is 4.06.